The zero-order valence-electron chi connectivity index (χ0n) is 28.2. The molecule has 7 rings (SSSR count). The van der Waals surface area contributed by atoms with Gasteiger partial charge in [0.1, 0.15) is 35.5 Å². The molecule has 2 saturated carbocycles. The molecule has 2 saturated heterocycles. The molecule has 0 spiro atoms. The van der Waals surface area contributed by atoms with Gasteiger partial charge in [0.05, 0.1) is 22.5 Å². The molecule has 3 N–H and O–H groups in total. The summed E-state index contributed by atoms with van der Waals surface area (Å²) < 4.78 is 12.3. The van der Waals surface area contributed by atoms with Crippen LogP contribution < -0.4 is 15.4 Å². The highest BCUT2D eigenvalue weighted by atomic mass is 32.1. The van der Waals surface area contributed by atoms with E-state index in [1.54, 1.807) is 0 Å². The summed E-state index contributed by atoms with van der Waals surface area (Å²) >= 11 is 1.50. The second-order valence-corrected chi connectivity index (χ2v) is 15.1. The van der Waals surface area contributed by atoms with E-state index in [1.807, 2.05) is 41.8 Å². The first kappa shape index (κ1) is 34.2. The highest BCUT2D eigenvalue weighted by molar-refractivity contribution is 7.13. The minimum absolute atomic E-state index is 0.0503. The Hall–Kier alpha value is -4.26. The minimum Gasteiger partial charge on any atom is -0.479 e. The Bertz CT molecular complexity index is 1710. The molecule has 4 fully saturated rings. The highest BCUT2D eigenvalue weighted by Gasteiger charge is 2.62. The van der Waals surface area contributed by atoms with Gasteiger partial charge in [-0.1, -0.05) is 56.7 Å². The molecule has 0 radical (unpaired) electrons. The first-order valence-electron chi connectivity index (χ1n) is 18.1. The van der Waals surface area contributed by atoms with Crippen LogP contribution in [-0.4, -0.2) is 80.2 Å². The lowest BCUT2D eigenvalue weighted by Gasteiger charge is -2.30. The standard InChI is InChI=1S/C37H45N5O7S/c43-32-29-20-25(48-33-31(30-18-11-19-50-30)38-26-15-9-10-16-27(26)39-33)22-42(29)34(44)28(40-36(47)49-24-13-6-4-7-14-24)17-8-3-1-2-5-12-23-21-37(23,41-32)35(45)46/h9-11,15-16,18-19,23-25,28-29H,1-8,12-14,17,20-22H2,(H,40,47)(H,41,43)(H,45,46)/t23?,25-,28+,29+,37?/m1/s1. The van der Waals surface area contributed by atoms with Crippen molar-refractivity contribution in [2.75, 3.05) is 6.54 Å². The molecule has 3 amide bonds. The van der Waals surface area contributed by atoms with Crippen LogP contribution in [0.5, 0.6) is 5.88 Å². The van der Waals surface area contributed by atoms with Crippen molar-refractivity contribution in [1.82, 2.24) is 25.5 Å². The van der Waals surface area contributed by atoms with Gasteiger partial charge in [-0.05, 0) is 74.4 Å². The van der Waals surface area contributed by atoms with E-state index in [9.17, 15) is 24.3 Å². The van der Waals surface area contributed by atoms with E-state index in [0.717, 1.165) is 69.1 Å². The topological polar surface area (TPSA) is 160 Å². The van der Waals surface area contributed by atoms with Crippen LogP contribution in [0.15, 0.2) is 41.8 Å². The number of nitrogens with one attached hydrogen (secondary N) is 2. The normalized spacial score (nSPS) is 28.0. The maximum Gasteiger partial charge on any atom is 0.408 e. The van der Waals surface area contributed by atoms with Crippen molar-refractivity contribution in [2.24, 2.45) is 5.92 Å². The molecule has 5 atom stereocenters. The Morgan fingerprint density at radius 2 is 1.60 bits per heavy atom. The second-order valence-electron chi connectivity index (χ2n) is 14.2. The number of carbonyl (C=O) groups excluding carboxylic acids is 3. The number of rotatable bonds is 6. The number of aliphatic carboxylic acids is 1. The third-order valence-corrected chi connectivity index (χ3v) is 11.6. The molecule has 2 aromatic heterocycles. The molecule has 1 aromatic carbocycles. The quantitative estimate of drug-likeness (QED) is 0.287. The summed E-state index contributed by atoms with van der Waals surface area (Å²) in [5, 5.41) is 17.9. The van der Waals surface area contributed by atoms with Gasteiger partial charge in [0.15, 0.2) is 0 Å². The number of hydrogen-bond donors (Lipinski definition) is 3. The zero-order valence-corrected chi connectivity index (χ0v) is 29.0. The van der Waals surface area contributed by atoms with Crippen LogP contribution in [0.1, 0.15) is 89.9 Å². The van der Waals surface area contributed by atoms with E-state index in [1.165, 1.54) is 16.2 Å². The molecule has 12 nitrogen and oxygen atoms in total. The number of carbonyl (C=O) groups is 4. The molecule has 3 aromatic rings. The summed E-state index contributed by atoms with van der Waals surface area (Å²) in [5.41, 5.74) is 0.578. The number of thiophene rings is 1. The molecule has 4 aliphatic rings. The van der Waals surface area contributed by atoms with Crippen LogP contribution in [0.3, 0.4) is 0 Å². The molecular formula is C37H45N5O7S. The van der Waals surface area contributed by atoms with E-state index in [4.69, 9.17) is 19.4 Å². The fourth-order valence-corrected chi connectivity index (χ4v) is 8.57. The van der Waals surface area contributed by atoms with Crippen molar-refractivity contribution in [1.29, 1.82) is 0 Å². The minimum atomic E-state index is -1.34. The zero-order chi connectivity index (χ0) is 34.7. The van der Waals surface area contributed by atoms with Crippen molar-refractivity contribution in [3.05, 3.63) is 41.8 Å². The van der Waals surface area contributed by atoms with Crippen molar-refractivity contribution in [3.8, 4) is 16.5 Å². The Balaban J connectivity index is 1.17. The smallest absolute Gasteiger partial charge is 0.408 e. The van der Waals surface area contributed by atoms with Crippen LogP contribution in [0.2, 0.25) is 0 Å². The fraction of sp³-hybridized carbons (Fsp3) is 0.568. The van der Waals surface area contributed by atoms with Gasteiger partial charge in [-0.3, -0.25) is 9.59 Å². The molecule has 0 bridgehead atoms. The van der Waals surface area contributed by atoms with E-state index < -0.39 is 47.6 Å². The Labute approximate surface area is 295 Å². The Morgan fingerprint density at radius 1 is 0.900 bits per heavy atom. The van der Waals surface area contributed by atoms with E-state index >= 15 is 0 Å². The monoisotopic (exact) mass is 703 g/mol. The average molecular weight is 704 g/mol. The van der Waals surface area contributed by atoms with Gasteiger partial charge in [-0.15, -0.1) is 11.3 Å². The van der Waals surface area contributed by atoms with Gasteiger partial charge in [0.25, 0.3) is 0 Å². The van der Waals surface area contributed by atoms with E-state index in [2.05, 4.69) is 10.6 Å². The molecule has 50 heavy (non-hydrogen) atoms. The predicted octanol–water partition coefficient (Wildman–Crippen LogP) is 5.84. The van der Waals surface area contributed by atoms with E-state index in [-0.39, 0.29) is 25.0 Å². The summed E-state index contributed by atoms with van der Waals surface area (Å²) in [6.07, 6.45) is 9.21. The summed E-state index contributed by atoms with van der Waals surface area (Å²) in [7, 11) is 0. The number of carboxylic acids is 1. The number of nitrogens with zero attached hydrogens (tertiary/aromatic N) is 3. The molecule has 13 heteroatoms. The van der Waals surface area contributed by atoms with Crippen LogP contribution >= 0.6 is 11.3 Å². The van der Waals surface area contributed by atoms with Gasteiger partial charge in [0, 0.05) is 6.42 Å². The summed E-state index contributed by atoms with van der Waals surface area (Å²) in [5.74, 6) is -1.86. The maximum absolute atomic E-state index is 14.4. The van der Waals surface area contributed by atoms with Gasteiger partial charge in [-0.2, -0.15) is 0 Å². The number of carboxylic acid groups (broad SMARTS) is 1. The Kier molecular flexibility index (Phi) is 10.2. The van der Waals surface area contributed by atoms with Gasteiger partial charge in [0.2, 0.25) is 17.7 Å². The van der Waals surface area contributed by atoms with Crippen LogP contribution in [0.25, 0.3) is 21.6 Å². The third kappa shape index (κ3) is 7.42. The molecule has 2 aliphatic heterocycles. The summed E-state index contributed by atoms with van der Waals surface area (Å²) in [6, 6.07) is 9.44. The molecule has 4 heterocycles. The summed E-state index contributed by atoms with van der Waals surface area (Å²) in [6.45, 7) is 0.0503. The number of para-hydroxylation sites is 2. The van der Waals surface area contributed by atoms with Crippen molar-refractivity contribution in [3.63, 3.8) is 0 Å². The number of amides is 3. The molecule has 2 unspecified atom stereocenters. The second kappa shape index (κ2) is 14.9. The lowest BCUT2D eigenvalue weighted by atomic mass is 9.98. The first-order chi connectivity index (χ1) is 24.3. The van der Waals surface area contributed by atoms with Crippen LogP contribution in [0, 0.1) is 5.92 Å². The van der Waals surface area contributed by atoms with Crippen molar-refractivity contribution in [2.45, 2.75) is 120 Å². The molecule has 2 aliphatic carbocycles. The largest absolute Gasteiger partial charge is 0.479 e. The van der Waals surface area contributed by atoms with E-state index in [0.29, 0.717) is 41.9 Å². The third-order valence-electron chi connectivity index (χ3n) is 10.7. The number of ether oxygens (including phenoxy) is 2. The van der Waals surface area contributed by atoms with Gasteiger partial charge in [-0.25, -0.2) is 19.6 Å². The first-order valence-corrected chi connectivity index (χ1v) is 19.0. The molecular weight excluding hydrogens is 659 g/mol. The summed E-state index contributed by atoms with van der Waals surface area (Å²) in [4.78, 5) is 66.2. The van der Waals surface area contributed by atoms with Gasteiger partial charge < -0.3 is 30.1 Å². The predicted molar refractivity (Wildman–Crippen MR) is 187 cm³/mol. The molecule has 266 valence electrons. The van der Waals surface area contributed by atoms with Gasteiger partial charge >= 0.3 is 12.1 Å². The van der Waals surface area contributed by atoms with Crippen molar-refractivity contribution >= 4 is 46.2 Å². The number of fused-ring (bicyclic) bond motifs is 3. The highest BCUT2D eigenvalue weighted by Crippen LogP contribution is 2.47. The number of benzene rings is 1. The lowest BCUT2D eigenvalue weighted by molar-refractivity contribution is -0.146. The Morgan fingerprint density at radius 3 is 2.34 bits per heavy atom. The lowest BCUT2D eigenvalue weighted by Crippen LogP contribution is -2.56. The van der Waals surface area contributed by atoms with Crippen LogP contribution in [-0.2, 0) is 19.1 Å². The maximum atomic E-state index is 14.4. The fourth-order valence-electron chi connectivity index (χ4n) is 7.86. The average Bonchev–Trinajstić information content (AvgIpc) is 3.40. The van der Waals surface area contributed by atoms with Crippen LogP contribution in [0.4, 0.5) is 4.79 Å². The van der Waals surface area contributed by atoms with Crippen molar-refractivity contribution < 1.29 is 33.8 Å². The number of aromatic nitrogens is 2. The number of hydrogen-bond acceptors (Lipinski definition) is 9. The SMILES string of the molecule is O=C(N[C@H]1CCCCCCCC2CC2(C(=O)O)NC(=O)[C@@H]2C[C@@H](Oc3nc4ccccc4nc3-c3cccs3)CN2C1=O)OC1CCCCC1. The number of alkyl carbamates (subject to hydrolysis) is 1.